The van der Waals surface area contributed by atoms with E-state index in [0.717, 1.165) is 12.1 Å². The lowest BCUT2D eigenvalue weighted by molar-refractivity contribution is -0.135. The summed E-state index contributed by atoms with van der Waals surface area (Å²) < 4.78 is 0. The van der Waals surface area contributed by atoms with Crippen molar-refractivity contribution in [1.82, 2.24) is 5.32 Å². The fraction of sp³-hybridized carbons (Fsp3) is 0.385. The molecule has 0 aliphatic carbocycles. The van der Waals surface area contributed by atoms with Gasteiger partial charge in [0.2, 0.25) is 5.91 Å². The van der Waals surface area contributed by atoms with E-state index < -0.39 is 5.97 Å². The molecule has 0 spiro atoms. The van der Waals surface area contributed by atoms with Crippen molar-refractivity contribution in [2.75, 3.05) is 18.0 Å². The molecule has 0 bridgehead atoms. The van der Waals surface area contributed by atoms with Crippen molar-refractivity contribution >= 4 is 17.6 Å². The number of benzene rings is 1. The third-order valence-electron chi connectivity index (χ3n) is 2.97. The predicted molar refractivity (Wildman–Crippen MR) is 67.5 cm³/mol. The summed E-state index contributed by atoms with van der Waals surface area (Å²) in [6.45, 7) is 0.471. The molecule has 18 heavy (non-hydrogen) atoms. The number of para-hydroxylation sites is 1. The minimum Gasteiger partial charge on any atom is -0.480 e. The number of amides is 1. The maximum Gasteiger partial charge on any atom is 0.323 e. The molecule has 1 aromatic rings. The molecule has 1 atom stereocenters. The fourth-order valence-electron chi connectivity index (χ4n) is 2.14. The van der Waals surface area contributed by atoms with Crippen molar-refractivity contribution < 1.29 is 14.7 Å². The van der Waals surface area contributed by atoms with Crippen LogP contribution < -0.4 is 10.2 Å². The fourth-order valence-corrected chi connectivity index (χ4v) is 2.14. The summed E-state index contributed by atoms with van der Waals surface area (Å²) in [5, 5.41) is 11.8. The largest absolute Gasteiger partial charge is 0.480 e. The van der Waals surface area contributed by atoms with E-state index >= 15 is 0 Å². The SMILES string of the molecule is O=C(O)CN(CC1CCC(=O)N1)c1ccccc1. The summed E-state index contributed by atoms with van der Waals surface area (Å²) in [5.74, 6) is -0.827. The Kier molecular flexibility index (Phi) is 3.82. The van der Waals surface area contributed by atoms with Crippen LogP contribution >= 0.6 is 0 Å². The number of anilines is 1. The molecule has 1 unspecified atom stereocenters. The topological polar surface area (TPSA) is 69.6 Å². The Bertz CT molecular complexity index is 433. The van der Waals surface area contributed by atoms with Gasteiger partial charge in [-0.15, -0.1) is 0 Å². The molecule has 1 saturated heterocycles. The first-order valence-corrected chi connectivity index (χ1v) is 5.96. The highest BCUT2D eigenvalue weighted by Gasteiger charge is 2.24. The zero-order chi connectivity index (χ0) is 13.0. The van der Waals surface area contributed by atoms with Crippen LogP contribution in [0, 0.1) is 0 Å². The van der Waals surface area contributed by atoms with Crippen molar-refractivity contribution in [2.24, 2.45) is 0 Å². The summed E-state index contributed by atoms with van der Waals surface area (Å²) in [5.41, 5.74) is 0.862. The number of hydrogen-bond acceptors (Lipinski definition) is 3. The number of carboxylic acids is 1. The first kappa shape index (κ1) is 12.4. The number of carbonyl (C=O) groups excluding carboxylic acids is 1. The van der Waals surface area contributed by atoms with E-state index in [1.165, 1.54) is 0 Å². The maximum atomic E-state index is 11.1. The first-order chi connectivity index (χ1) is 8.65. The molecule has 0 aromatic heterocycles. The average molecular weight is 248 g/mol. The minimum atomic E-state index is -0.872. The zero-order valence-electron chi connectivity index (χ0n) is 10.0. The molecule has 2 N–H and O–H groups in total. The van der Waals surface area contributed by atoms with E-state index in [1.807, 2.05) is 30.3 Å². The standard InChI is InChI=1S/C13H16N2O3/c16-12-7-6-10(14-12)8-15(9-13(17)18)11-4-2-1-3-5-11/h1-5,10H,6-9H2,(H,14,16)(H,17,18). The van der Waals surface area contributed by atoms with Gasteiger partial charge in [-0.1, -0.05) is 18.2 Å². The highest BCUT2D eigenvalue weighted by molar-refractivity contribution is 5.79. The lowest BCUT2D eigenvalue weighted by atomic mass is 10.2. The van der Waals surface area contributed by atoms with Crippen LogP contribution in [0.5, 0.6) is 0 Å². The molecule has 96 valence electrons. The number of carbonyl (C=O) groups is 2. The van der Waals surface area contributed by atoms with Gasteiger partial charge in [-0.2, -0.15) is 0 Å². The van der Waals surface area contributed by atoms with Gasteiger partial charge in [-0.05, 0) is 18.6 Å². The van der Waals surface area contributed by atoms with E-state index in [-0.39, 0.29) is 18.5 Å². The Morgan fingerprint density at radius 1 is 1.39 bits per heavy atom. The molecule has 1 aromatic carbocycles. The van der Waals surface area contributed by atoms with Crippen molar-refractivity contribution in [2.45, 2.75) is 18.9 Å². The molecule has 1 fully saturated rings. The Morgan fingerprint density at radius 2 is 2.11 bits per heavy atom. The summed E-state index contributed by atoms with van der Waals surface area (Å²) >= 11 is 0. The van der Waals surface area contributed by atoms with Crippen molar-refractivity contribution in [3.8, 4) is 0 Å². The molecule has 1 aliphatic heterocycles. The van der Waals surface area contributed by atoms with Gasteiger partial charge in [0.25, 0.3) is 0 Å². The van der Waals surface area contributed by atoms with Gasteiger partial charge in [0.1, 0.15) is 6.54 Å². The van der Waals surface area contributed by atoms with Gasteiger partial charge in [-0.25, -0.2) is 0 Å². The van der Waals surface area contributed by atoms with Gasteiger partial charge in [0.15, 0.2) is 0 Å². The minimum absolute atomic E-state index is 0.0389. The van der Waals surface area contributed by atoms with Crippen molar-refractivity contribution in [3.63, 3.8) is 0 Å². The molecular weight excluding hydrogens is 232 g/mol. The van der Waals surface area contributed by atoms with Gasteiger partial charge in [0, 0.05) is 24.7 Å². The monoisotopic (exact) mass is 248 g/mol. The van der Waals surface area contributed by atoms with E-state index in [4.69, 9.17) is 5.11 Å². The number of nitrogens with zero attached hydrogens (tertiary/aromatic N) is 1. The van der Waals surface area contributed by atoms with Crippen LogP contribution in [0.3, 0.4) is 0 Å². The van der Waals surface area contributed by atoms with Crippen LogP contribution in [0.1, 0.15) is 12.8 Å². The lowest BCUT2D eigenvalue weighted by Crippen LogP contribution is -2.41. The smallest absolute Gasteiger partial charge is 0.323 e. The number of rotatable bonds is 5. The summed E-state index contributed by atoms with van der Waals surface area (Å²) in [6.07, 6.45) is 1.29. The van der Waals surface area contributed by atoms with E-state index in [0.29, 0.717) is 13.0 Å². The quantitative estimate of drug-likeness (QED) is 0.810. The second kappa shape index (κ2) is 5.53. The Morgan fingerprint density at radius 3 is 2.67 bits per heavy atom. The van der Waals surface area contributed by atoms with Crippen LogP contribution in [0.4, 0.5) is 5.69 Å². The average Bonchev–Trinajstić information content (AvgIpc) is 2.75. The van der Waals surface area contributed by atoms with Crippen LogP contribution in [-0.2, 0) is 9.59 Å². The van der Waals surface area contributed by atoms with Gasteiger partial charge in [-0.3, -0.25) is 9.59 Å². The molecule has 1 heterocycles. The third-order valence-corrected chi connectivity index (χ3v) is 2.97. The van der Waals surface area contributed by atoms with E-state index in [2.05, 4.69) is 5.32 Å². The second-order valence-corrected chi connectivity index (χ2v) is 4.41. The number of aliphatic carboxylic acids is 1. The Labute approximate surface area is 105 Å². The molecule has 1 amide bonds. The highest BCUT2D eigenvalue weighted by Crippen LogP contribution is 2.16. The normalized spacial score (nSPS) is 18.4. The Hall–Kier alpha value is -2.04. The number of hydrogen-bond donors (Lipinski definition) is 2. The summed E-state index contributed by atoms with van der Waals surface area (Å²) in [6, 6.07) is 9.42. The maximum absolute atomic E-state index is 11.1. The van der Waals surface area contributed by atoms with Crippen LogP contribution in [-0.4, -0.2) is 36.1 Å². The molecule has 5 heteroatoms. The zero-order valence-corrected chi connectivity index (χ0v) is 10.0. The number of carboxylic acid groups (broad SMARTS) is 1. The second-order valence-electron chi connectivity index (χ2n) is 4.41. The van der Waals surface area contributed by atoms with Gasteiger partial charge >= 0.3 is 5.97 Å². The van der Waals surface area contributed by atoms with Crippen molar-refractivity contribution in [3.05, 3.63) is 30.3 Å². The highest BCUT2D eigenvalue weighted by atomic mass is 16.4. The van der Waals surface area contributed by atoms with Gasteiger partial charge in [0.05, 0.1) is 0 Å². The molecule has 1 aliphatic rings. The lowest BCUT2D eigenvalue weighted by Gasteiger charge is -2.26. The predicted octanol–water partition coefficient (Wildman–Crippen LogP) is 0.856. The molecule has 2 rings (SSSR count). The van der Waals surface area contributed by atoms with Crippen LogP contribution in [0.2, 0.25) is 0 Å². The molecule has 0 saturated carbocycles. The van der Waals surface area contributed by atoms with Crippen molar-refractivity contribution in [1.29, 1.82) is 0 Å². The summed E-state index contributed by atoms with van der Waals surface area (Å²) in [4.78, 5) is 23.8. The van der Waals surface area contributed by atoms with Gasteiger partial charge < -0.3 is 15.3 Å². The van der Waals surface area contributed by atoms with Crippen LogP contribution in [0.25, 0.3) is 0 Å². The van der Waals surface area contributed by atoms with E-state index in [9.17, 15) is 9.59 Å². The number of nitrogens with one attached hydrogen (secondary N) is 1. The molecule has 5 nitrogen and oxygen atoms in total. The first-order valence-electron chi connectivity index (χ1n) is 5.96. The summed E-state index contributed by atoms with van der Waals surface area (Å²) in [7, 11) is 0. The molecular formula is C13H16N2O3. The third kappa shape index (κ3) is 3.23. The Balaban J connectivity index is 2.06. The van der Waals surface area contributed by atoms with E-state index in [1.54, 1.807) is 4.90 Å². The molecule has 0 radical (unpaired) electrons. The van der Waals surface area contributed by atoms with Crippen LogP contribution in [0.15, 0.2) is 30.3 Å².